The van der Waals surface area contributed by atoms with E-state index in [1.807, 2.05) is 6.07 Å². The molecular weight excluding hydrogens is 499 g/mol. The maximum Gasteiger partial charge on any atom is 0.416 e. The number of carbonyl (C=O) groups is 3. The van der Waals surface area contributed by atoms with Gasteiger partial charge in [0.1, 0.15) is 6.04 Å². The lowest BCUT2D eigenvalue weighted by molar-refractivity contribution is -0.138. The molecule has 4 aliphatic rings. The fourth-order valence-corrected chi connectivity index (χ4v) is 6.42. The second-order valence-electron chi connectivity index (χ2n) is 11.1. The molecule has 3 heterocycles. The zero-order valence-electron chi connectivity index (χ0n) is 20.7. The fraction of sp³-hybridized carbons (Fsp3) is 0.464. The minimum Gasteiger partial charge on any atom is -0.384 e. The van der Waals surface area contributed by atoms with Crippen molar-refractivity contribution in [2.75, 3.05) is 13.1 Å². The first-order chi connectivity index (χ1) is 18.0. The van der Waals surface area contributed by atoms with E-state index >= 15 is 0 Å². The molecule has 0 bridgehead atoms. The summed E-state index contributed by atoms with van der Waals surface area (Å²) in [6.45, 7) is 1.97. The molecule has 200 valence electrons. The van der Waals surface area contributed by atoms with Crippen LogP contribution in [0.15, 0.2) is 42.5 Å². The summed E-state index contributed by atoms with van der Waals surface area (Å²) >= 11 is 0. The highest BCUT2D eigenvalue weighted by atomic mass is 19.4. The lowest BCUT2D eigenvalue weighted by atomic mass is 9.72. The summed E-state index contributed by atoms with van der Waals surface area (Å²) < 4.78 is 38.7. The van der Waals surface area contributed by atoms with Crippen molar-refractivity contribution < 1.29 is 32.7 Å². The van der Waals surface area contributed by atoms with Crippen molar-refractivity contribution in [3.8, 4) is 0 Å². The smallest absolute Gasteiger partial charge is 0.384 e. The Bertz CT molecular complexity index is 1320. The highest BCUT2D eigenvalue weighted by molar-refractivity contribution is 6.05. The van der Waals surface area contributed by atoms with Gasteiger partial charge in [0.25, 0.3) is 5.91 Å². The molecule has 38 heavy (non-hydrogen) atoms. The lowest BCUT2D eigenvalue weighted by Crippen LogP contribution is -2.52. The number of alkyl halides is 3. The van der Waals surface area contributed by atoms with Crippen LogP contribution in [-0.4, -0.2) is 51.8 Å². The standard InChI is InChI=1S/C28H28F3N3O4/c29-28(30,31)19-3-1-17(2-4-19)14-33-12-11-27(38,26(16-33)9-10-26)20-5-6-21-18(13-20)15-34(25(21)37)22-7-8-23(35)32-24(22)36/h1-6,13,22,38H,7-12,14-16H2,(H,32,35,36). The molecule has 3 fully saturated rings. The van der Waals surface area contributed by atoms with Gasteiger partial charge in [0.2, 0.25) is 11.8 Å². The van der Waals surface area contributed by atoms with Crippen molar-refractivity contribution in [1.29, 1.82) is 0 Å². The van der Waals surface area contributed by atoms with Crippen LogP contribution in [0.5, 0.6) is 0 Å². The highest BCUT2D eigenvalue weighted by Crippen LogP contribution is 2.62. The van der Waals surface area contributed by atoms with Gasteiger partial charge in [0.05, 0.1) is 11.2 Å². The first-order valence-electron chi connectivity index (χ1n) is 12.9. The molecule has 3 aliphatic heterocycles. The average molecular weight is 528 g/mol. The third-order valence-electron chi connectivity index (χ3n) is 8.74. The van der Waals surface area contributed by atoms with E-state index in [1.54, 1.807) is 12.1 Å². The van der Waals surface area contributed by atoms with Crippen LogP contribution in [-0.2, 0) is 34.5 Å². The number of benzene rings is 2. The second-order valence-corrected chi connectivity index (χ2v) is 11.1. The summed E-state index contributed by atoms with van der Waals surface area (Å²) in [5.74, 6) is -1.04. The number of amides is 3. The van der Waals surface area contributed by atoms with Crippen LogP contribution < -0.4 is 5.32 Å². The zero-order valence-corrected chi connectivity index (χ0v) is 20.7. The number of fused-ring (bicyclic) bond motifs is 1. The Labute approximate surface area is 217 Å². The topological polar surface area (TPSA) is 90.0 Å². The highest BCUT2D eigenvalue weighted by Gasteiger charge is 2.61. The van der Waals surface area contributed by atoms with Gasteiger partial charge >= 0.3 is 6.18 Å². The molecule has 0 aromatic heterocycles. The molecule has 2 atom stereocenters. The molecule has 7 nitrogen and oxygen atoms in total. The second kappa shape index (κ2) is 8.64. The van der Waals surface area contributed by atoms with E-state index in [9.17, 15) is 32.7 Å². The van der Waals surface area contributed by atoms with Crippen molar-refractivity contribution in [1.82, 2.24) is 15.1 Å². The first kappa shape index (κ1) is 25.1. The van der Waals surface area contributed by atoms with Crippen LogP contribution >= 0.6 is 0 Å². The predicted molar refractivity (Wildman–Crippen MR) is 129 cm³/mol. The largest absolute Gasteiger partial charge is 0.416 e. The summed E-state index contributed by atoms with van der Waals surface area (Å²) in [5.41, 5.74) is 0.713. The van der Waals surface area contributed by atoms with Crippen LogP contribution in [0.3, 0.4) is 0 Å². The van der Waals surface area contributed by atoms with E-state index in [2.05, 4.69) is 10.2 Å². The molecule has 2 aromatic carbocycles. The molecule has 2 N–H and O–H groups in total. The van der Waals surface area contributed by atoms with Gasteiger partial charge in [-0.2, -0.15) is 13.2 Å². The van der Waals surface area contributed by atoms with Crippen LogP contribution in [0.2, 0.25) is 0 Å². The normalized spacial score (nSPS) is 27.0. The van der Waals surface area contributed by atoms with Gasteiger partial charge in [-0.3, -0.25) is 24.6 Å². The van der Waals surface area contributed by atoms with E-state index in [0.717, 1.165) is 41.7 Å². The van der Waals surface area contributed by atoms with E-state index in [4.69, 9.17) is 0 Å². The maximum absolute atomic E-state index is 13.1. The number of hydrogen-bond acceptors (Lipinski definition) is 5. The van der Waals surface area contributed by atoms with E-state index in [1.165, 1.54) is 17.0 Å². The quantitative estimate of drug-likeness (QED) is 0.596. The van der Waals surface area contributed by atoms with Gasteiger partial charge in [-0.1, -0.05) is 24.3 Å². The van der Waals surface area contributed by atoms with Crippen molar-refractivity contribution >= 4 is 17.7 Å². The maximum atomic E-state index is 13.1. The summed E-state index contributed by atoms with van der Waals surface area (Å²) in [7, 11) is 0. The van der Waals surface area contributed by atoms with Crippen molar-refractivity contribution in [2.45, 2.75) is 63.0 Å². The molecule has 1 aliphatic carbocycles. The number of carbonyl (C=O) groups excluding carboxylic acids is 3. The third-order valence-corrected chi connectivity index (χ3v) is 8.74. The number of piperidine rings is 2. The molecule has 1 saturated carbocycles. The summed E-state index contributed by atoms with van der Waals surface area (Å²) in [6, 6.07) is 9.94. The zero-order chi connectivity index (χ0) is 26.9. The molecule has 2 saturated heterocycles. The Morgan fingerprint density at radius 3 is 2.42 bits per heavy atom. The number of hydrogen-bond donors (Lipinski definition) is 2. The predicted octanol–water partition coefficient (Wildman–Crippen LogP) is 3.34. The van der Waals surface area contributed by atoms with Gasteiger partial charge in [-0.15, -0.1) is 0 Å². The fourth-order valence-electron chi connectivity index (χ4n) is 6.42. The Morgan fingerprint density at radius 1 is 1.03 bits per heavy atom. The first-order valence-corrected chi connectivity index (χ1v) is 12.9. The van der Waals surface area contributed by atoms with Crippen molar-refractivity contribution in [2.24, 2.45) is 5.41 Å². The van der Waals surface area contributed by atoms with Crippen LogP contribution in [0, 0.1) is 5.41 Å². The van der Waals surface area contributed by atoms with Crippen LogP contribution in [0.1, 0.15) is 64.7 Å². The Hall–Kier alpha value is -3.24. The van der Waals surface area contributed by atoms with Gasteiger partial charge < -0.3 is 10.0 Å². The average Bonchev–Trinajstić information content (AvgIpc) is 3.57. The lowest BCUT2D eigenvalue weighted by Gasteiger charge is -2.46. The number of rotatable bonds is 4. The molecule has 2 unspecified atom stereocenters. The minimum absolute atomic E-state index is 0.188. The number of nitrogens with zero attached hydrogens (tertiary/aromatic N) is 2. The molecule has 6 rings (SSSR count). The van der Waals surface area contributed by atoms with E-state index < -0.39 is 29.3 Å². The van der Waals surface area contributed by atoms with Crippen LogP contribution in [0.4, 0.5) is 13.2 Å². The third kappa shape index (κ3) is 4.10. The molecule has 1 spiro atoms. The molecule has 3 amide bonds. The minimum atomic E-state index is -4.36. The Morgan fingerprint density at radius 2 is 1.76 bits per heavy atom. The van der Waals surface area contributed by atoms with E-state index in [0.29, 0.717) is 38.0 Å². The van der Waals surface area contributed by atoms with Gasteiger partial charge in [0, 0.05) is 43.6 Å². The Balaban J connectivity index is 1.18. The monoisotopic (exact) mass is 527 g/mol. The van der Waals surface area contributed by atoms with Gasteiger partial charge in [0.15, 0.2) is 0 Å². The van der Waals surface area contributed by atoms with Gasteiger partial charge in [-0.05, 0) is 60.6 Å². The molecule has 10 heteroatoms. The van der Waals surface area contributed by atoms with E-state index in [-0.39, 0.29) is 30.2 Å². The molecular formula is C28H28F3N3O4. The molecule has 0 radical (unpaired) electrons. The number of aliphatic hydroxyl groups is 1. The number of nitrogens with one attached hydrogen (secondary N) is 1. The van der Waals surface area contributed by atoms with Crippen molar-refractivity contribution in [3.63, 3.8) is 0 Å². The Kier molecular flexibility index (Phi) is 5.70. The van der Waals surface area contributed by atoms with Gasteiger partial charge in [-0.25, -0.2) is 0 Å². The summed E-state index contributed by atoms with van der Waals surface area (Å²) in [5, 5.41) is 14.3. The SMILES string of the molecule is O=C1CCC(N2Cc3cc(C4(O)CCN(Cc5ccc(C(F)(F)F)cc5)CC45CC5)ccc3C2=O)C(=O)N1. The van der Waals surface area contributed by atoms with Crippen molar-refractivity contribution in [3.05, 3.63) is 70.3 Å². The summed E-state index contributed by atoms with van der Waals surface area (Å²) in [4.78, 5) is 40.6. The number of likely N-dealkylation sites (tertiary alicyclic amines) is 1. The number of imide groups is 1. The van der Waals surface area contributed by atoms with Crippen LogP contribution in [0.25, 0.3) is 0 Å². The molecule has 2 aromatic rings. The summed E-state index contributed by atoms with van der Waals surface area (Å²) in [6.07, 6.45) is -1.74. The number of halogens is 3.